The predicted octanol–water partition coefficient (Wildman–Crippen LogP) is 8.82. The lowest BCUT2D eigenvalue weighted by Crippen LogP contribution is -2.32. The summed E-state index contributed by atoms with van der Waals surface area (Å²) in [7, 11) is 0. The quantitative estimate of drug-likeness (QED) is 0.207. The Kier molecular flexibility index (Phi) is 3.50. The fourth-order valence-corrected chi connectivity index (χ4v) is 6.79. The maximum atomic E-state index is 6.58. The van der Waals surface area contributed by atoms with Crippen molar-refractivity contribution in [1.82, 2.24) is 0 Å². The molecule has 0 saturated heterocycles. The van der Waals surface area contributed by atoms with Crippen LogP contribution in [0.25, 0.3) is 33.1 Å². The van der Waals surface area contributed by atoms with Crippen LogP contribution in [0, 0.1) is 0 Å². The Morgan fingerprint density at radius 3 is 2.00 bits per heavy atom. The highest BCUT2D eigenvalue weighted by Crippen LogP contribution is 2.63. The number of hydrogen-bond donors (Lipinski definition) is 0. The van der Waals surface area contributed by atoms with Crippen molar-refractivity contribution >= 4 is 37.9 Å². The summed E-state index contributed by atoms with van der Waals surface area (Å²) in [5.74, 6) is 1.79. The van der Waals surface area contributed by atoms with E-state index in [4.69, 9.17) is 9.15 Å². The molecule has 8 rings (SSSR count). The van der Waals surface area contributed by atoms with E-state index in [-0.39, 0.29) is 0 Å². The standard InChI is InChI=1S/C31H17BrO2/c32-24-17-23-28(30-29(24)19-10-2-6-14-25(19)34-30)18-9-1-3-11-20(18)31(23)21-12-4-7-15-26(21)33-27-16-8-5-13-22(27)31/h1-17H. The number of benzene rings is 5. The first-order valence-electron chi connectivity index (χ1n) is 11.4. The Labute approximate surface area is 204 Å². The van der Waals surface area contributed by atoms with E-state index in [0.29, 0.717) is 0 Å². The summed E-state index contributed by atoms with van der Waals surface area (Å²) in [5.41, 5.74) is 8.49. The van der Waals surface area contributed by atoms with Gasteiger partial charge in [0.1, 0.15) is 22.7 Å². The number of para-hydroxylation sites is 3. The third-order valence-corrected chi connectivity index (χ3v) is 8.03. The zero-order valence-corrected chi connectivity index (χ0v) is 19.6. The molecule has 1 aromatic heterocycles. The Morgan fingerprint density at radius 2 is 1.24 bits per heavy atom. The van der Waals surface area contributed by atoms with Crippen molar-refractivity contribution in [3.8, 4) is 22.6 Å². The van der Waals surface area contributed by atoms with Crippen LogP contribution in [0.15, 0.2) is 112 Å². The van der Waals surface area contributed by atoms with Crippen molar-refractivity contribution in [3.63, 3.8) is 0 Å². The van der Waals surface area contributed by atoms with Crippen LogP contribution >= 0.6 is 15.9 Å². The van der Waals surface area contributed by atoms with Gasteiger partial charge in [0.25, 0.3) is 0 Å². The Morgan fingerprint density at radius 1 is 0.618 bits per heavy atom. The van der Waals surface area contributed by atoms with Gasteiger partial charge in [0.05, 0.1) is 5.41 Å². The Hall–Kier alpha value is -3.82. The van der Waals surface area contributed by atoms with Gasteiger partial charge in [-0.05, 0) is 41.0 Å². The highest BCUT2D eigenvalue weighted by molar-refractivity contribution is 9.10. The number of rotatable bonds is 0. The van der Waals surface area contributed by atoms with Gasteiger partial charge in [0.2, 0.25) is 0 Å². The minimum Gasteiger partial charge on any atom is -0.457 e. The first-order valence-corrected chi connectivity index (χ1v) is 12.2. The monoisotopic (exact) mass is 500 g/mol. The Balaban J connectivity index is 1.64. The first kappa shape index (κ1) is 18.6. The smallest absolute Gasteiger partial charge is 0.144 e. The lowest BCUT2D eigenvalue weighted by molar-refractivity contribution is 0.436. The van der Waals surface area contributed by atoms with Gasteiger partial charge in [0, 0.05) is 31.9 Å². The van der Waals surface area contributed by atoms with Crippen molar-refractivity contribution in [2.75, 3.05) is 0 Å². The van der Waals surface area contributed by atoms with Crippen molar-refractivity contribution in [2.45, 2.75) is 5.41 Å². The molecule has 0 atom stereocenters. The first-order chi connectivity index (χ1) is 16.8. The SMILES string of the molecule is Brc1cc2c(c3oc4ccccc4c13)-c1ccccc1C21c2ccccc2Oc2ccccc21. The molecular weight excluding hydrogens is 484 g/mol. The molecule has 0 saturated carbocycles. The van der Waals surface area contributed by atoms with Crippen LogP contribution in [0.1, 0.15) is 22.3 Å². The molecule has 0 unspecified atom stereocenters. The van der Waals surface area contributed by atoms with E-state index in [2.05, 4.69) is 94.8 Å². The lowest BCUT2D eigenvalue weighted by atomic mass is 9.66. The van der Waals surface area contributed by atoms with E-state index < -0.39 is 5.41 Å². The average Bonchev–Trinajstić information content (AvgIpc) is 3.40. The van der Waals surface area contributed by atoms with Gasteiger partial charge >= 0.3 is 0 Å². The van der Waals surface area contributed by atoms with Gasteiger partial charge in [-0.3, -0.25) is 0 Å². The summed E-state index contributed by atoms with van der Waals surface area (Å²) >= 11 is 3.93. The molecule has 0 radical (unpaired) electrons. The zero-order valence-electron chi connectivity index (χ0n) is 18.0. The molecule has 1 spiro atoms. The van der Waals surface area contributed by atoms with Crippen LogP contribution in [0.3, 0.4) is 0 Å². The van der Waals surface area contributed by atoms with E-state index in [1.807, 2.05) is 24.3 Å². The molecule has 0 amide bonds. The molecule has 1 aliphatic heterocycles. The normalized spacial score (nSPS) is 14.5. The summed E-state index contributed by atoms with van der Waals surface area (Å²) < 4.78 is 14.0. The molecule has 2 nitrogen and oxygen atoms in total. The van der Waals surface area contributed by atoms with E-state index in [0.717, 1.165) is 54.6 Å². The van der Waals surface area contributed by atoms with Crippen molar-refractivity contribution in [2.24, 2.45) is 0 Å². The summed E-state index contributed by atoms with van der Waals surface area (Å²) in [5, 5.41) is 2.24. The van der Waals surface area contributed by atoms with Crippen molar-refractivity contribution in [3.05, 3.63) is 130 Å². The second-order valence-electron chi connectivity index (χ2n) is 8.97. The molecule has 3 heteroatoms. The van der Waals surface area contributed by atoms with E-state index >= 15 is 0 Å². The van der Waals surface area contributed by atoms with Crippen molar-refractivity contribution < 1.29 is 9.15 Å². The fraction of sp³-hybridized carbons (Fsp3) is 0.0323. The van der Waals surface area contributed by atoms with Crippen LogP contribution in [0.5, 0.6) is 11.5 Å². The number of furan rings is 1. The number of ether oxygens (including phenoxy) is 1. The number of halogens is 1. The minimum absolute atomic E-state index is 0.493. The minimum atomic E-state index is -0.493. The topological polar surface area (TPSA) is 22.4 Å². The molecule has 160 valence electrons. The molecule has 1 aliphatic carbocycles. The molecule has 0 N–H and O–H groups in total. The van der Waals surface area contributed by atoms with Crippen LogP contribution in [-0.4, -0.2) is 0 Å². The maximum Gasteiger partial charge on any atom is 0.144 e. The summed E-state index contributed by atoms with van der Waals surface area (Å²) in [6, 6.07) is 36.2. The summed E-state index contributed by atoms with van der Waals surface area (Å²) in [6.45, 7) is 0. The second kappa shape index (κ2) is 6.40. The third kappa shape index (κ3) is 2.07. The van der Waals surface area contributed by atoms with E-state index in [1.165, 1.54) is 16.7 Å². The number of fused-ring (bicyclic) bond motifs is 13. The van der Waals surface area contributed by atoms with Gasteiger partial charge in [-0.2, -0.15) is 0 Å². The maximum absolute atomic E-state index is 6.58. The highest BCUT2D eigenvalue weighted by atomic mass is 79.9. The molecule has 6 aromatic rings. The fourth-order valence-electron chi connectivity index (χ4n) is 6.16. The highest BCUT2D eigenvalue weighted by Gasteiger charge is 2.52. The molecule has 5 aromatic carbocycles. The molecule has 2 aliphatic rings. The zero-order chi connectivity index (χ0) is 22.4. The largest absolute Gasteiger partial charge is 0.457 e. The van der Waals surface area contributed by atoms with Crippen LogP contribution in [0.4, 0.5) is 0 Å². The summed E-state index contributed by atoms with van der Waals surface area (Å²) in [4.78, 5) is 0. The van der Waals surface area contributed by atoms with Crippen LogP contribution < -0.4 is 4.74 Å². The van der Waals surface area contributed by atoms with E-state index in [1.54, 1.807) is 0 Å². The number of hydrogen-bond acceptors (Lipinski definition) is 2. The lowest BCUT2D eigenvalue weighted by Gasteiger charge is -2.39. The van der Waals surface area contributed by atoms with Crippen LogP contribution in [0.2, 0.25) is 0 Å². The van der Waals surface area contributed by atoms with Gasteiger partial charge in [-0.25, -0.2) is 0 Å². The molecule has 2 heterocycles. The Bertz CT molecular complexity index is 1760. The predicted molar refractivity (Wildman–Crippen MR) is 139 cm³/mol. The molecule has 0 fully saturated rings. The third-order valence-electron chi connectivity index (χ3n) is 7.41. The van der Waals surface area contributed by atoms with Crippen molar-refractivity contribution in [1.29, 1.82) is 0 Å². The van der Waals surface area contributed by atoms with Gasteiger partial charge in [-0.1, -0.05) is 94.8 Å². The molecule has 0 bridgehead atoms. The van der Waals surface area contributed by atoms with Gasteiger partial charge in [-0.15, -0.1) is 0 Å². The molecule has 34 heavy (non-hydrogen) atoms. The van der Waals surface area contributed by atoms with E-state index in [9.17, 15) is 0 Å². The second-order valence-corrected chi connectivity index (χ2v) is 9.83. The van der Waals surface area contributed by atoms with Gasteiger partial charge < -0.3 is 9.15 Å². The summed E-state index contributed by atoms with van der Waals surface area (Å²) in [6.07, 6.45) is 0. The molecular formula is C31H17BrO2. The van der Waals surface area contributed by atoms with Gasteiger partial charge in [0.15, 0.2) is 0 Å². The van der Waals surface area contributed by atoms with Crippen LogP contribution in [-0.2, 0) is 5.41 Å². The average molecular weight is 501 g/mol.